The van der Waals surface area contributed by atoms with Gasteiger partial charge >= 0.3 is 0 Å². The van der Waals surface area contributed by atoms with E-state index in [2.05, 4.69) is 19.2 Å². The summed E-state index contributed by atoms with van der Waals surface area (Å²) >= 11 is 0. The standard InChI is InChI=1S/C14H23N3O2/c1-9(2)12(7-15)8-16-13-5-11(4)14(17(18)19)6-10(13)3/h5-6,9,12,16H,7-8,15H2,1-4H3. The zero-order valence-electron chi connectivity index (χ0n) is 12.1. The maximum Gasteiger partial charge on any atom is 0.272 e. The number of hydrogen-bond acceptors (Lipinski definition) is 4. The highest BCUT2D eigenvalue weighted by Gasteiger charge is 2.15. The van der Waals surface area contributed by atoms with Crippen LogP contribution in [-0.4, -0.2) is 18.0 Å². The summed E-state index contributed by atoms with van der Waals surface area (Å²) in [4.78, 5) is 10.5. The van der Waals surface area contributed by atoms with Crippen LogP contribution >= 0.6 is 0 Å². The van der Waals surface area contributed by atoms with Crippen LogP contribution in [0.15, 0.2) is 12.1 Å². The first-order chi connectivity index (χ1) is 8.86. The van der Waals surface area contributed by atoms with E-state index in [1.165, 1.54) is 0 Å². The van der Waals surface area contributed by atoms with Crippen molar-refractivity contribution in [1.82, 2.24) is 0 Å². The lowest BCUT2D eigenvalue weighted by atomic mass is 9.96. The Morgan fingerprint density at radius 2 is 1.95 bits per heavy atom. The quantitative estimate of drug-likeness (QED) is 0.612. The minimum absolute atomic E-state index is 0.169. The molecule has 0 aliphatic rings. The molecule has 0 aromatic heterocycles. The molecule has 5 heteroatoms. The van der Waals surface area contributed by atoms with Gasteiger partial charge in [-0.25, -0.2) is 0 Å². The monoisotopic (exact) mass is 265 g/mol. The lowest BCUT2D eigenvalue weighted by molar-refractivity contribution is -0.385. The van der Waals surface area contributed by atoms with Gasteiger partial charge in [0.25, 0.3) is 5.69 Å². The van der Waals surface area contributed by atoms with Crippen LogP contribution in [0, 0.1) is 35.8 Å². The number of nitrogens with one attached hydrogen (secondary N) is 1. The Kier molecular flexibility index (Phi) is 5.30. The SMILES string of the molecule is Cc1cc([N+](=O)[O-])c(C)cc1NCC(CN)C(C)C. The normalized spacial score (nSPS) is 12.5. The Labute approximate surface area is 114 Å². The molecule has 0 radical (unpaired) electrons. The van der Waals surface area contributed by atoms with E-state index in [-0.39, 0.29) is 10.6 Å². The molecule has 1 aromatic rings. The van der Waals surface area contributed by atoms with E-state index in [0.717, 1.165) is 17.8 Å². The molecule has 0 aliphatic heterocycles. The molecule has 3 N–H and O–H groups in total. The summed E-state index contributed by atoms with van der Waals surface area (Å²) in [6, 6.07) is 3.45. The Hall–Kier alpha value is -1.62. The molecule has 0 fully saturated rings. The van der Waals surface area contributed by atoms with Gasteiger partial charge in [0.1, 0.15) is 0 Å². The summed E-state index contributed by atoms with van der Waals surface area (Å²) in [7, 11) is 0. The molecule has 106 valence electrons. The third-order valence-electron chi connectivity index (χ3n) is 3.54. The highest BCUT2D eigenvalue weighted by Crippen LogP contribution is 2.26. The molecule has 1 atom stereocenters. The third kappa shape index (κ3) is 3.92. The van der Waals surface area contributed by atoms with Crippen molar-refractivity contribution < 1.29 is 4.92 Å². The minimum Gasteiger partial charge on any atom is -0.384 e. The number of aryl methyl sites for hydroxylation is 2. The van der Waals surface area contributed by atoms with Crippen LogP contribution in [0.5, 0.6) is 0 Å². The van der Waals surface area contributed by atoms with Gasteiger partial charge in [-0.1, -0.05) is 13.8 Å². The number of benzene rings is 1. The van der Waals surface area contributed by atoms with Gasteiger partial charge in [-0.2, -0.15) is 0 Å². The van der Waals surface area contributed by atoms with Gasteiger partial charge in [0.2, 0.25) is 0 Å². The summed E-state index contributed by atoms with van der Waals surface area (Å²) in [5, 5.41) is 14.2. The van der Waals surface area contributed by atoms with Crippen LogP contribution in [0.2, 0.25) is 0 Å². The van der Waals surface area contributed by atoms with Crippen molar-refractivity contribution in [2.24, 2.45) is 17.6 Å². The molecular weight excluding hydrogens is 242 g/mol. The average Bonchev–Trinajstić information content (AvgIpc) is 2.32. The summed E-state index contributed by atoms with van der Waals surface area (Å²) in [5.41, 5.74) is 8.41. The number of nitro groups is 1. The molecule has 0 bridgehead atoms. The van der Waals surface area contributed by atoms with Gasteiger partial charge in [0.05, 0.1) is 4.92 Å². The summed E-state index contributed by atoms with van der Waals surface area (Å²) < 4.78 is 0. The first kappa shape index (κ1) is 15.4. The number of anilines is 1. The van der Waals surface area contributed by atoms with Gasteiger partial charge in [-0.15, -0.1) is 0 Å². The van der Waals surface area contributed by atoms with Crippen molar-refractivity contribution in [3.8, 4) is 0 Å². The van der Waals surface area contributed by atoms with E-state index in [4.69, 9.17) is 5.73 Å². The van der Waals surface area contributed by atoms with Gasteiger partial charge in [0.15, 0.2) is 0 Å². The van der Waals surface area contributed by atoms with E-state index < -0.39 is 0 Å². The largest absolute Gasteiger partial charge is 0.384 e. The van der Waals surface area contributed by atoms with Crippen LogP contribution in [0.3, 0.4) is 0 Å². The van der Waals surface area contributed by atoms with E-state index in [1.54, 1.807) is 13.0 Å². The van der Waals surface area contributed by atoms with Crippen LogP contribution in [0.1, 0.15) is 25.0 Å². The van der Waals surface area contributed by atoms with Gasteiger partial charge in [-0.3, -0.25) is 10.1 Å². The number of hydrogen-bond donors (Lipinski definition) is 2. The fraction of sp³-hybridized carbons (Fsp3) is 0.571. The van der Waals surface area contributed by atoms with Crippen molar-refractivity contribution in [2.45, 2.75) is 27.7 Å². The van der Waals surface area contributed by atoms with Gasteiger partial charge in [-0.05, 0) is 43.9 Å². The molecular formula is C14H23N3O2. The molecule has 1 rings (SSSR count). The van der Waals surface area contributed by atoms with E-state index >= 15 is 0 Å². The Morgan fingerprint density at radius 1 is 1.32 bits per heavy atom. The number of rotatable bonds is 6. The Morgan fingerprint density at radius 3 is 2.42 bits per heavy atom. The lowest BCUT2D eigenvalue weighted by Gasteiger charge is -2.21. The van der Waals surface area contributed by atoms with Crippen LogP contribution in [0.4, 0.5) is 11.4 Å². The second-order valence-electron chi connectivity index (χ2n) is 5.33. The summed E-state index contributed by atoms with van der Waals surface area (Å²) in [6.07, 6.45) is 0. The average molecular weight is 265 g/mol. The molecule has 19 heavy (non-hydrogen) atoms. The first-order valence-electron chi connectivity index (χ1n) is 6.56. The predicted octanol–water partition coefficient (Wildman–Crippen LogP) is 2.85. The first-order valence-corrected chi connectivity index (χ1v) is 6.56. The molecule has 0 aliphatic carbocycles. The number of nitro benzene ring substituents is 1. The van der Waals surface area contributed by atoms with Crippen LogP contribution < -0.4 is 11.1 Å². The molecule has 1 aromatic carbocycles. The van der Waals surface area contributed by atoms with Crippen molar-refractivity contribution in [3.63, 3.8) is 0 Å². The van der Waals surface area contributed by atoms with Gasteiger partial charge < -0.3 is 11.1 Å². The van der Waals surface area contributed by atoms with Crippen molar-refractivity contribution >= 4 is 11.4 Å². The van der Waals surface area contributed by atoms with E-state index in [0.29, 0.717) is 23.9 Å². The minimum atomic E-state index is -0.344. The molecule has 0 saturated carbocycles. The lowest BCUT2D eigenvalue weighted by Crippen LogP contribution is -2.27. The van der Waals surface area contributed by atoms with E-state index in [1.807, 2.05) is 13.0 Å². The Balaban J connectivity index is 2.85. The maximum absolute atomic E-state index is 10.9. The zero-order valence-corrected chi connectivity index (χ0v) is 12.1. The fourth-order valence-electron chi connectivity index (χ4n) is 2.02. The summed E-state index contributed by atoms with van der Waals surface area (Å²) in [5.74, 6) is 0.909. The van der Waals surface area contributed by atoms with Crippen LogP contribution in [-0.2, 0) is 0 Å². The topological polar surface area (TPSA) is 81.2 Å². The highest BCUT2D eigenvalue weighted by atomic mass is 16.6. The molecule has 5 nitrogen and oxygen atoms in total. The molecule has 0 saturated heterocycles. The smallest absolute Gasteiger partial charge is 0.272 e. The van der Waals surface area contributed by atoms with E-state index in [9.17, 15) is 10.1 Å². The third-order valence-corrected chi connectivity index (χ3v) is 3.54. The van der Waals surface area contributed by atoms with Crippen LogP contribution in [0.25, 0.3) is 0 Å². The highest BCUT2D eigenvalue weighted by molar-refractivity contribution is 5.59. The fourth-order valence-corrected chi connectivity index (χ4v) is 2.02. The maximum atomic E-state index is 10.9. The van der Waals surface area contributed by atoms with Gasteiger partial charge in [0, 0.05) is 23.9 Å². The van der Waals surface area contributed by atoms with Crippen molar-refractivity contribution in [2.75, 3.05) is 18.4 Å². The number of nitrogens with two attached hydrogens (primary N) is 1. The predicted molar refractivity (Wildman–Crippen MR) is 78.4 cm³/mol. The summed E-state index contributed by atoms with van der Waals surface area (Å²) in [6.45, 7) is 9.34. The Bertz CT molecular complexity index is 458. The number of nitrogens with zero attached hydrogens (tertiary/aromatic N) is 1. The molecule has 0 spiro atoms. The zero-order chi connectivity index (χ0) is 14.6. The second-order valence-corrected chi connectivity index (χ2v) is 5.33. The van der Waals surface area contributed by atoms with Crippen molar-refractivity contribution in [1.29, 1.82) is 0 Å². The molecule has 0 amide bonds. The molecule has 1 unspecified atom stereocenters. The van der Waals surface area contributed by atoms with Crippen molar-refractivity contribution in [3.05, 3.63) is 33.4 Å². The second kappa shape index (κ2) is 6.52. The molecule has 0 heterocycles.